The normalized spacial score (nSPS) is 11.9. The van der Waals surface area contributed by atoms with Crippen molar-refractivity contribution in [3.8, 4) is 5.75 Å². The van der Waals surface area contributed by atoms with Gasteiger partial charge in [-0.3, -0.25) is 4.79 Å². The molecule has 0 aromatic heterocycles. The highest BCUT2D eigenvalue weighted by Crippen LogP contribution is 2.18. The summed E-state index contributed by atoms with van der Waals surface area (Å²) in [5.74, 6) is -0.198. The lowest BCUT2D eigenvalue weighted by Crippen LogP contribution is -2.39. The third-order valence-electron chi connectivity index (χ3n) is 2.88. The maximum Gasteiger partial charge on any atom is 0.336 e. The summed E-state index contributed by atoms with van der Waals surface area (Å²) in [6.07, 6.45) is -1.37. The van der Waals surface area contributed by atoms with Gasteiger partial charge in [0.05, 0.1) is 13.7 Å². The smallest absolute Gasteiger partial charge is 0.336 e. The van der Waals surface area contributed by atoms with Crippen LogP contribution in [0.5, 0.6) is 5.75 Å². The molecule has 2 N–H and O–H groups in total. The first-order valence-electron chi connectivity index (χ1n) is 6.69. The summed E-state index contributed by atoms with van der Waals surface area (Å²) in [5, 5.41) is 11.7. The van der Waals surface area contributed by atoms with E-state index in [1.54, 1.807) is 12.1 Å². The molecular formula is C15H21NO5. The van der Waals surface area contributed by atoms with E-state index in [0.717, 1.165) is 7.11 Å². The molecule has 0 aliphatic rings. The van der Waals surface area contributed by atoms with Crippen LogP contribution in [0.2, 0.25) is 0 Å². The van der Waals surface area contributed by atoms with Crippen molar-refractivity contribution in [3.05, 3.63) is 29.8 Å². The first-order chi connectivity index (χ1) is 9.93. The molecule has 1 aromatic carbocycles. The highest BCUT2D eigenvalue weighted by atomic mass is 16.5. The van der Waals surface area contributed by atoms with E-state index in [0.29, 0.717) is 11.7 Å². The van der Waals surface area contributed by atoms with Crippen molar-refractivity contribution >= 4 is 11.9 Å². The predicted octanol–water partition coefficient (Wildman–Crippen LogP) is 0.839. The number of carbonyl (C=O) groups is 2. The molecule has 21 heavy (non-hydrogen) atoms. The van der Waals surface area contributed by atoms with Crippen LogP contribution in [0.15, 0.2) is 24.3 Å². The molecule has 0 spiro atoms. The first kappa shape index (κ1) is 17.0. The van der Waals surface area contributed by atoms with Gasteiger partial charge >= 0.3 is 5.97 Å². The zero-order valence-electron chi connectivity index (χ0n) is 12.5. The summed E-state index contributed by atoms with van der Waals surface area (Å²) in [6.45, 7) is 3.79. The average Bonchev–Trinajstić information content (AvgIpc) is 2.49. The Bertz CT molecular complexity index is 469. The molecule has 1 rings (SSSR count). The average molecular weight is 295 g/mol. The topological polar surface area (TPSA) is 84.9 Å². The monoisotopic (exact) mass is 295 g/mol. The summed E-state index contributed by atoms with van der Waals surface area (Å²) in [4.78, 5) is 22.4. The van der Waals surface area contributed by atoms with E-state index in [9.17, 15) is 14.7 Å². The van der Waals surface area contributed by atoms with Crippen molar-refractivity contribution in [1.82, 2.24) is 5.32 Å². The number of nitrogens with one attached hydrogen (secondary N) is 1. The zero-order valence-corrected chi connectivity index (χ0v) is 12.5. The van der Waals surface area contributed by atoms with Gasteiger partial charge in [0.15, 0.2) is 12.7 Å². The third kappa shape index (κ3) is 5.83. The fourth-order valence-electron chi connectivity index (χ4n) is 1.58. The lowest BCUT2D eigenvalue weighted by Gasteiger charge is -2.11. The summed E-state index contributed by atoms with van der Waals surface area (Å²) in [5.41, 5.74) is 1.19. The number of hydrogen-bond acceptors (Lipinski definition) is 5. The van der Waals surface area contributed by atoms with Crippen LogP contribution in [0.4, 0.5) is 0 Å². The fourth-order valence-corrected chi connectivity index (χ4v) is 1.58. The van der Waals surface area contributed by atoms with Gasteiger partial charge in [0.1, 0.15) is 5.75 Å². The van der Waals surface area contributed by atoms with Crippen LogP contribution in [0.25, 0.3) is 0 Å². The molecule has 0 saturated carbocycles. The number of rotatable bonds is 7. The second kappa shape index (κ2) is 8.26. The number of esters is 1. The molecule has 0 saturated heterocycles. The number of aliphatic hydroxyl groups is 1. The standard InChI is InChI=1S/C15H21NO5/c1-10(2)11-4-6-12(7-5-11)21-9-14(18)16-8-13(17)15(19)20-3/h4-7,10,13,17H,8-9H2,1-3H3,(H,16,18). The number of aliphatic hydroxyl groups excluding tert-OH is 1. The van der Waals surface area contributed by atoms with E-state index in [4.69, 9.17) is 4.74 Å². The number of benzene rings is 1. The van der Waals surface area contributed by atoms with Crippen LogP contribution in [0, 0.1) is 0 Å². The van der Waals surface area contributed by atoms with Crippen LogP contribution in [-0.2, 0) is 14.3 Å². The maximum atomic E-state index is 11.5. The Morgan fingerprint density at radius 2 is 1.86 bits per heavy atom. The molecule has 0 fully saturated rings. The molecule has 1 amide bonds. The molecule has 1 atom stereocenters. The Kier molecular flexibility index (Phi) is 6.68. The molecule has 0 radical (unpaired) electrons. The van der Waals surface area contributed by atoms with Gasteiger partial charge in [0.25, 0.3) is 5.91 Å². The molecule has 6 nitrogen and oxygen atoms in total. The van der Waals surface area contributed by atoms with E-state index in [1.165, 1.54) is 5.56 Å². The minimum atomic E-state index is -1.37. The van der Waals surface area contributed by atoms with Gasteiger partial charge in [-0.15, -0.1) is 0 Å². The van der Waals surface area contributed by atoms with E-state index in [1.807, 2.05) is 12.1 Å². The van der Waals surface area contributed by atoms with Crippen molar-refractivity contribution in [1.29, 1.82) is 0 Å². The Balaban J connectivity index is 2.34. The van der Waals surface area contributed by atoms with Gasteiger partial charge in [0.2, 0.25) is 0 Å². The van der Waals surface area contributed by atoms with Gasteiger partial charge < -0.3 is 19.9 Å². The maximum absolute atomic E-state index is 11.5. The van der Waals surface area contributed by atoms with Gasteiger partial charge in [-0.05, 0) is 23.6 Å². The van der Waals surface area contributed by atoms with E-state index < -0.39 is 18.0 Å². The van der Waals surface area contributed by atoms with Crippen LogP contribution >= 0.6 is 0 Å². The van der Waals surface area contributed by atoms with Gasteiger partial charge in [-0.25, -0.2) is 4.79 Å². The molecule has 6 heteroatoms. The van der Waals surface area contributed by atoms with E-state index in [2.05, 4.69) is 23.9 Å². The lowest BCUT2D eigenvalue weighted by atomic mass is 10.0. The molecule has 0 aliphatic heterocycles. The molecule has 0 heterocycles. The molecule has 0 aliphatic carbocycles. The predicted molar refractivity (Wildman–Crippen MR) is 77.1 cm³/mol. The fraction of sp³-hybridized carbons (Fsp3) is 0.467. The largest absolute Gasteiger partial charge is 0.484 e. The zero-order chi connectivity index (χ0) is 15.8. The quantitative estimate of drug-likeness (QED) is 0.728. The molecule has 0 bridgehead atoms. The van der Waals surface area contributed by atoms with E-state index in [-0.39, 0.29) is 13.2 Å². The van der Waals surface area contributed by atoms with E-state index >= 15 is 0 Å². The van der Waals surface area contributed by atoms with Crippen LogP contribution < -0.4 is 10.1 Å². The van der Waals surface area contributed by atoms with Crippen LogP contribution in [0.1, 0.15) is 25.3 Å². The van der Waals surface area contributed by atoms with Crippen LogP contribution in [-0.4, -0.2) is 43.3 Å². The van der Waals surface area contributed by atoms with Crippen molar-refractivity contribution in [2.75, 3.05) is 20.3 Å². The van der Waals surface area contributed by atoms with Gasteiger partial charge in [-0.1, -0.05) is 26.0 Å². The molecule has 1 unspecified atom stereocenters. The number of methoxy groups -OCH3 is 1. The Hall–Kier alpha value is -2.08. The SMILES string of the molecule is COC(=O)C(O)CNC(=O)COc1ccc(C(C)C)cc1. The number of carbonyl (C=O) groups excluding carboxylic acids is 2. The molecule has 116 valence electrons. The summed E-state index contributed by atoms with van der Waals surface area (Å²) in [6, 6.07) is 7.48. The molecular weight excluding hydrogens is 274 g/mol. The number of ether oxygens (including phenoxy) is 2. The summed E-state index contributed by atoms with van der Waals surface area (Å²) < 4.78 is 9.64. The minimum Gasteiger partial charge on any atom is -0.484 e. The van der Waals surface area contributed by atoms with Gasteiger partial charge in [0, 0.05) is 0 Å². The third-order valence-corrected chi connectivity index (χ3v) is 2.88. The van der Waals surface area contributed by atoms with Crippen molar-refractivity contribution in [2.24, 2.45) is 0 Å². The summed E-state index contributed by atoms with van der Waals surface area (Å²) >= 11 is 0. The van der Waals surface area contributed by atoms with Crippen molar-refractivity contribution in [3.63, 3.8) is 0 Å². The second-order valence-electron chi connectivity index (χ2n) is 4.86. The molecule has 1 aromatic rings. The highest BCUT2D eigenvalue weighted by molar-refractivity contribution is 5.79. The first-order valence-corrected chi connectivity index (χ1v) is 6.69. The number of hydrogen-bond donors (Lipinski definition) is 2. The lowest BCUT2D eigenvalue weighted by molar-refractivity contribution is -0.150. The highest BCUT2D eigenvalue weighted by Gasteiger charge is 2.16. The Morgan fingerprint density at radius 1 is 1.24 bits per heavy atom. The minimum absolute atomic E-state index is 0.186. The van der Waals surface area contributed by atoms with Gasteiger partial charge in [-0.2, -0.15) is 0 Å². The Labute approximate surface area is 124 Å². The van der Waals surface area contributed by atoms with Crippen molar-refractivity contribution < 1.29 is 24.2 Å². The second-order valence-corrected chi connectivity index (χ2v) is 4.86. The number of amides is 1. The van der Waals surface area contributed by atoms with Crippen LogP contribution in [0.3, 0.4) is 0 Å². The Morgan fingerprint density at radius 3 is 2.38 bits per heavy atom. The van der Waals surface area contributed by atoms with Crippen molar-refractivity contribution in [2.45, 2.75) is 25.9 Å². The summed E-state index contributed by atoms with van der Waals surface area (Å²) in [7, 11) is 1.16.